The monoisotopic (exact) mass is 314 g/mol. The van der Waals surface area contributed by atoms with Crippen LogP contribution in [0.3, 0.4) is 0 Å². The Bertz CT molecular complexity index is 677. The van der Waals surface area contributed by atoms with Gasteiger partial charge in [-0.2, -0.15) is 5.10 Å². The molecule has 118 valence electrons. The van der Waals surface area contributed by atoms with E-state index in [4.69, 9.17) is 0 Å². The van der Waals surface area contributed by atoms with Gasteiger partial charge in [-0.25, -0.2) is 9.50 Å². The molecule has 3 rings (SSSR count). The Hall–Kier alpha value is -2.16. The zero-order valence-electron chi connectivity index (χ0n) is 11.5. The van der Waals surface area contributed by atoms with Gasteiger partial charge in [-0.15, -0.1) is 13.2 Å². The quantitative estimate of drug-likeness (QED) is 0.849. The van der Waals surface area contributed by atoms with Crippen molar-refractivity contribution in [1.29, 1.82) is 0 Å². The summed E-state index contributed by atoms with van der Waals surface area (Å²) in [5.41, 5.74) is 1.04. The fourth-order valence-electron chi connectivity index (χ4n) is 2.49. The van der Waals surface area contributed by atoms with Gasteiger partial charge < -0.3 is 4.90 Å². The van der Waals surface area contributed by atoms with Crippen LogP contribution >= 0.6 is 0 Å². The molecule has 9 heteroatoms. The number of aromatic nitrogens is 3. The highest BCUT2D eigenvalue weighted by Crippen LogP contribution is 2.25. The van der Waals surface area contributed by atoms with Crippen LogP contribution in [-0.2, 0) is 4.74 Å². The van der Waals surface area contributed by atoms with E-state index in [9.17, 15) is 18.0 Å². The molecule has 2 aromatic heterocycles. The van der Waals surface area contributed by atoms with Crippen LogP contribution in [0.5, 0.6) is 0 Å². The van der Waals surface area contributed by atoms with Crippen LogP contribution in [0.1, 0.15) is 23.2 Å². The fraction of sp³-hybridized carbons (Fsp3) is 0.462. The third-order valence-electron chi connectivity index (χ3n) is 3.55. The van der Waals surface area contributed by atoms with Crippen molar-refractivity contribution in [2.75, 3.05) is 13.1 Å². The van der Waals surface area contributed by atoms with Crippen LogP contribution in [0.2, 0.25) is 0 Å². The fourth-order valence-corrected chi connectivity index (χ4v) is 2.49. The third kappa shape index (κ3) is 3.19. The Kier molecular flexibility index (Phi) is 3.73. The number of amides is 1. The van der Waals surface area contributed by atoms with Gasteiger partial charge >= 0.3 is 6.36 Å². The van der Waals surface area contributed by atoms with Crippen LogP contribution in [0.15, 0.2) is 24.7 Å². The van der Waals surface area contributed by atoms with E-state index in [2.05, 4.69) is 14.8 Å². The molecule has 1 aliphatic heterocycles. The van der Waals surface area contributed by atoms with Gasteiger partial charge in [0.1, 0.15) is 6.33 Å². The summed E-state index contributed by atoms with van der Waals surface area (Å²) >= 11 is 0. The molecule has 0 unspecified atom stereocenters. The highest BCUT2D eigenvalue weighted by atomic mass is 19.4. The molecule has 1 amide bonds. The number of rotatable bonds is 2. The Balaban J connectivity index is 1.64. The van der Waals surface area contributed by atoms with Crippen molar-refractivity contribution in [1.82, 2.24) is 19.5 Å². The predicted octanol–water partition coefficient (Wildman–Crippen LogP) is 1.87. The highest BCUT2D eigenvalue weighted by Gasteiger charge is 2.35. The molecule has 2 aromatic rings. The minimum Gasteiger partial charge on any atom is -0.338 e. The zero-order chi connectivity index (χ0) is 15.7. The first-order valence-corrected chi connectivity index (χ1v) is 6.75. The second-order valence-electron chi connectivity index (χ2n) is 5.04. The molecule has 0 spiro atoms. The SMILES string of the molecule is O=C(c1ccc2ncnn2c1)N1CCC(OC(F)(F)F)CC1. The molecule has 3 heterocycles. The molecule has 0 atom stereocenters. The van der Waals surface area contributed by atoms with Crippen LogP contribution in [0.25, 0.3) is 5.65 Å². The summed E-state index contributed by atoms with van der Waals surface area (Å²) in [5.74, 6) is -0.233. The number of nitrogens with zero attached hydrogens (tertiary/aromatic N) is 4. The molecule has 0 aromatic carbocycles. The Morgan fingerprint density at radius 2 is 2.00 bits per heavy atom. The van der Waals surface area contributed by atoms with Crippen molar-refractivity contribution >= 4 is 11.6 Å². The topological polar surface area (TPSA) is 59.7 Å². The van der Waals surface area contributed by atoms with Crippen LogP contribution in [0.4, 0.5) is 13.2 Å². The summed E-state index contributed by atoms with van der Waals surface area (Å²) in [5, 5.41) is 3.95. The standard InChI is InChI=1S/C13H13F3N4O2/c14-13(15,16)22-10-3-5-19(6-4-10)12(21)9-1-2-11-17-8-18-20(11)7-9/h1-2,7-8,10H,3-6H2. The molecule has 0 N–H and O–H groups in total. The van der Waals surface area contributed by atoms with E-state index in [0.717, 1.165) is 0 Å². The number of fused-ring (bicyclic) bond motifs is 1. The molecule has 0 bridgehead atoms. The van der Waals surface area contributed by atoms with Gasteiger partial charge in [0.25, 0.3) is 5.91 Å². The number of alkyl halides is 3. The maximum Gasteiger partial charge on any atom is 0.522 e. The lowest BCUT2D eigenvalue weighted by Crippen LogP contribution is -2.42. The van der Waals surface area contributed by atoms with E-state index >= 15 is 0 Å². The summed E-state index contributed by atoms with van der Waals surface area (Å²) < 4.78 is 42.0. The van der Waals surface area contributed by atoms with Gasteiger partial charge in [0, 0.05) is 19.3 Å². The number of carbonyl (C=O) groups excluding carboxylic acids is 1. The maximum atomic E-state index is 12.4. The average Bonchev–Trinajstić information content (AvgIpc) is 2.93. The number of halogens is 3. The molecule has 0 saturated carbocycles. The number of hydrogen-bond acceptors (Lipinski definition) is 4. The van der Waals surface area contributed by atoms with Crippen LogP contribution < -0.4 is 0 Å². The van der Waals surface area contributed by atoms with E-state index in [0.29, 0.717) is 11.2 Å². The molecule has 1 aliphatic rings. The number of likely N-dealkylation sites (tertiary alicyclic amines) is 1. The number of hydrogen-bond donors (Lipinski definition) is 0. The first-order valence-electron chi connectivity index (χ1n) is 6.75. The lowest BCUT2D eigenvalue weighted by atomic mass is 10.1. The normalized spacial score (nSPS) is 17.1. The minimum atomic E-state index is -4.63. The lowest BCUT2D eigenvalue weighted by molar-refractivity contribution is -0.345. The van der Waals surface area contributed by atoms with Crippen molar-refractivity contribution < 1.29 is 22.7 Å². The summed E-state index contributed by atoms with van der Waals surface area (Å²) in [4.78, 5) is 17.9. The second-order valence-corrected chi connectivity index (χ2v) is 5.04. The first kappa shape index (κ1) is 14.8. The Morgan fingerprint density at radius 3 is 2.68 bits per heavy atom. The lowest BCUT2D eigenvalue weighted by Gasteiger charge is -2.32. The van der Waals surface area contributed by atoms with E-state index in [-0.39, 0.29) is 31.8 Å². The van der Waals surface area contributed by atoms with E-state index in [1.165, 1.54) is 15.7 Å². The molecule has 22 heavy (non-hydrogen) atoms. The van der Waals surface area contributed by atoms with Gasteiger partial charge in [-0.05, 0) is 25.0 Å². The largest absolute Gasteiger partial charge is 0.522 e. The van der Waals surface area contributed by atoms with E-state index < -0.39 is 12.5 Å². The zero-order valence-corrected chi connectivity index (χ0v) is 11.5. The average molecular weight is 314 g/mol. The molecule has 1 fully saturated rings. The minimum absolute atomic E-state index is 0.164. The van der Waals surface area contributed by atoms with Gasteiger partial charge in [0.15, 0.2) is 5.65 Å². The molecule has 1 saturated heterocycles. The first-order chi connectivity index (χ1) is 10.4. The van der Waals surface area contributed by atoms with E-state index in [1.54, 1.807) is 18.3 Å². The summed E-state index contributed by atoms with van der Waals surface area (Å²) in [7, 11) is 0. The van der Waals surface area contributed by atoms with Crippen molar-refractivity contribution in [3.63, 3.8) is 0 Å². The van der Waals surface area contributed by atoms with E-state index in [1.807, 2.05) is 0 Å². The predicted molar refractivity (Wildman–Crippen MR) is 69.1 cm³/mol. The van der Waals surface area contributed by atoms with Crippen LogP contribution in [-0.4, -0.2) is 51.0 Å². The molecule has 0 aliphatic carbocycles. The van der Waals surface area contributed by atoms with Crippen molar-refractivity contribution in [2.45, 2.75) is 25.3 Å². The van der Waals surface area contributed by atoms with Crippen LogP contribution in [0, 0.1) is 0 Å². The molecular weight excluding hydrogens is 301 g/mol. The molecule has 0 radical (unpaired) electrons. The number of piperidine rings is 1. The summed E-state index contributed by atoms with van der Waals surface area (Å²) in [6.45, 7) is 0.462. The second kappa shape index (κ2) is 5.56. The smallest absolute Gasteiger partial charge is 0.338 e. The van der Waals surface area contributed by atoms with Gasteiger partial charge in [-0.3, -0.25) is 9.53 Å². The molecular formula is C13H13F3N4O2. The number of pyridine rings is 1. The van der Waals surface area contributed by atoms with Crippen molar-refractivity contribution in [2.24, 2.45) is 0 Å². The highest BCUT2D eigenvalue weighted by molar-refractivity contribution is 5.94. The third-order valence-corrected chi connectivity index (χ3v) is 3.55. The Labute approximate surface area is 123 Å². The van der Waals surface area contributed by atoms with Gasteiger partial charge in [-0.1, -0.05) is 0 Å². The summed E-state index contributed by atoms with van der Waals surface area (Å²) in [6.07, 6.45) is -2.25. The maximum absolute atomic E-state index is 12.4. The Morgan fingerprint density at radius 1 is 1.27 bits per heavy atom. The molecule has 6 nitrogen and oxygen atoms in total. The van der Waals surface area contributed by atoms with Crippen molar-refractivity contribution in [3.05, 3.63) is 30.2 Å². The van der Waals surface area contributed by atoms with Gasteiger partial charge in [0.2, 0.25) is 0 Å². The number of ether oxygens (including phenoxy) is 1. The summed E-state index contributed by atoms with van der Waals surface area (Å²) in [6, 6.07) is 3.30. The number of carbonyl (C=O) groups is 1. The van der Waals surface area contributed by atoms with Crippen molar-refractivity contribution in [3.8, 4) is 0 Å². The van der Waals surface area contributed by atoms with Gasteiger partial charge in [0.05, 0.1) is 11.7 Å².